The molecule has 0 heterocycles. The van der Waals surface area contributed by atoms with E-state index in [1.807, 2.05) is 19.1 Å². The Morgan fingerprint density at radius 3 is 2.17 bits per heavy atom. The van der Waals surface area contributed by atoms with E-state index in [9.17, 15) is 5.11 Å². The van der Waals surface area contributed by atoms with Crippen LogP contribution in [0.1, 0.15) is 5.56 Å². The van der Waals surface area contributed by atoms with Crippen LogP contribution in [0.15, 0.2) is 18.2 Å². The van der Waals surface area contributed by atoms with Gasteiger partial charge in [-0.2, -0.15) is 0 Å². The number of aromatic hydroxyl groups is 1. The monoisotopic (exact) mass is 166 g/mol. The van der Waals surface area contributed by atoms with Crippen LogP contribution in [0.2, 0.25) is 0 Å². The van der Waals surface area contributed by atoms with Crippen molar-refractivity contribution in [3.05, 3.63) is 23.8 Å². The molecule has 12 heavy (non-hydrogen) atoms. The van der Waals surface area contributed by atoms with Crippen molar-refractivity contribution < 1.29 is 5.11 Å². The fourth-order valence-electron chi connectivity index (χ4n) is 1.06. The van der Waals surface area contributed by atoms with Crippen molar-refractivity contribution in [3.8, 4) is 5.75 Å². The molecular formula is C10H16NO+. The lowest BCUT2D eigenvalue weighted by molar-refractivity contribution is 0.464. The van der Waals surface area contributed by atoms with Crippen molar-refractivity contribution in [2.45, 2.75) is 6.92 Å². The lowest BCUT2D eigenvalue weighted by Crippen LogP contribution is -2.34. The molecule has 0 saturated carbocycles. The van der Waals surface area contributed by atoms with E-state index in [4.69, 9.17) is 0 Å². The third kappa shape index (κ3) is 1.77. The molecule has 0 saturated heterocycles. The van der Waals surface area contributed by atoms with E-state index in [0.29, 0.717) is 5.75 Å². The first-order valence-corrected chi connectivity index (χ1v) is 4.03. The summed E-state index contributed by atoms with van der Waals surface area (Å²) >= 11 is 0. The predicted molar refractivity (Wildman–Crippen MR) is 52.4 cm³/mol. The summed E-state index contributed by atoms with van der Waals surface area (Å²) in [5.74, 6) is 0.368. The van der Waals surface area contributed by atoms with E-state index in [2.05, 4.69) is 21.1 Å². The smallest absolute Gasteiger partial charge is 0.132 e. The molecule has 0 radical (unpaired) electrons. The molecule has 1 N–H and O–H groups in total. The average molecular weight is 166 g/mol. The van der Waals surface area contributed by atoms with Crippen LogP contribution in [0.3, 0.4) is 0 Å². The van der Waals surface area contributed by atoms with Gasteiger partial charge in [-0.3, -0.25) is 4.48 Å². The highest BCUT2D eigenvalue weighted by Crippen LogP contribution is 2.24. The van der Waals surface area contributed by atoms with Crippen LogP contribution in [-0.2, 0) is 0 Å². The Kier molecular flexibility index (Phi) is 2.11. The molecule has 1 aromatic carbocycles. The number of rotatable bonds is 1. The molecule has 2 heteroatoms. The number of phenolic OH excluding ortho intramolecular Hbond substituents is 1. The minimum Gasteiger partial charge on any atom is -0.508 e. The SMILES string of the molecule is Cc1cc([N+](C)(C)C)ccc1O. The summed E-state index contributed by atoms with van der Waals surface area (Å²) < 4.78 is 0.779. The number of nitrogens with zero attached hydrogens (tertiary/aromatic N) is 1. The van der Waals surface area contributed by atoms with Gasteiger partial charge in [0.05, 0.1) is 21.1 Å². The summed E-state index contributed by atoms with van der Waals surface area (Å²) in [7, 11) is 6.31. The van der Waals surface area contributed by atoms with E-state index in [-0.39, 0.29) is 0 Å². The molecule has 0 spiro atoms. The van der Waals surface area contributed by atoms with Gasteiger partial charge in [-0.25, -0.2) is 0 Å². The molecule has 0 aromatic heterocycles. The zero-order chi connectivity index (χ0) is 9.35. The van der Waals surface area contributed by atoms with Crippen LogP contribution in [-0.4, -0.2) is 26.2 Å². The maximum atomic E-state index is 9.30. The van der Waals surface area contributed by atoms with Crippen molar-refractivity contribution in [1.82, 2.24) is 4.48 Å². The summed E-state index contributed by atoms with van der Waals surface area (Å²) in [4.78, 5) is 0. The molecule has 66 valence electrons. The summed E-state index contributed by atoms with van der Waals surface area (Å²) in [5.41, 5.74) is 2.13. The van der Waals surface area contributed by atoms with Crippen LogP contribution in [0.5, 0.6) is 5.75 Å². The van der Waals surface area contributed by atoms with Gasteiger partial charge < -0.3 is 5.11 Å². The molecule has 0 aliphatic rings. The largest absolute Gasteiger partial charge is 0.508 e. The van der Waals surface area contributed by atoms with Gasteiger partial charge >= 0.3 is 0 Å². The summed E-state index contributed by atoms with van der Waals surface area (Å²) in [6, 6.07) is 5.70. The summed E-state index contributed by atoms with van der Waals surface area (Å²) in [6.45, 7) is 1.91. The summed E-state index contributed by atoms with van der Waals surface area (Å²) in [6.07, 6.45) is 0. The van der Waals surface area contributed by atoms with Crippen molar-refractivity contribution in [2.24, 2.45) is 0 Å². The lowest BCUT2D eigenvalue weighted by Gasteiger charge is -2.23. The normalized spacial score (nSPS) is 11.7. The fraction of sp³-hybridized carbons (Fsp3) is 0.400. The number of hydrogen-bond donors (Lipinski definition) is 1. The van der Waals surface area contributed by atoms with Crippen LogP contribution < -0.4 is 4.48 Å². The molecule has 0 aliphatic heterocycles. The standard InChI is InChI=1S/C10H15NO/c1-8-7-9(11(2,3)4)5-6-10(8)12/h5-7H,1-4H3/p+1. The van der Waals surface area contributed by atoms with E-state index in [1.165, 1.54) is 5.69 Å². The van der Waals surface area contributed by atoms with Gasteiger partial charge in [0.25, 0.3) is 0 Å². The van der Waals surface area contributed by atoms with E-state index in [0.717, 1.165) is 10.0 Å². The van der Waals surface area contributed by atoms with Gasteiger partial charge in [-0.05, 0) is 18.6 Å². The van der Waals surface area contributed by atoms with Crippen LogP contribution >= 0.6 is 0 Å². The van der Waals surface area contributed by atoms with E-state index >= 15 is 0 Å². The highest BCUT2D eigenvalue weighted by Gasteiger charge is 2.12. The number of benzene rings is 1. The Morgan fingerprint density at radius 2 is 1.75 bits per heavy atom. The molecular weight excluding hydrogens is 150 g/mol. The number of quaternary nitrogens is 1. The van der Waals surface area contributed by atoms with Gasteiger partial charge in [0.15, 0.2) is 0 Å². The highest BCUT2D eigenvalue weighted by atomic mass is 16.3. The van der Waals surface area contributed by atoms with Crippen LogP contribution in [0.4, 0.5) is 5.69 Å². The Balaban J connectivity index is 3.14. The maximum absolute atomic E-state index is 9.30. The first-order chi connectivity index (χ1) is 5.41. The molecule has 0 atom stereocenters. The number of aryl methyl sites for hydroxylation is 1. The molecule has 1 rings (SSSR count). The Morgan fingerprint density at radius 1 is 1.17 bits per heavy atom. The minimum absolute atomic E-state index is 0.368. The Labute approximate surface area is 73.7 Å². The topological polar surface area (TPSA) is 20.2 Å². The molecule has 0 amide bonds. The quantitative estimate of drug-likeness (QED) is 0.632. The molecule has 0 aliphatic carbocycles. The predicted octanol–water partition coefficient (Wildman–Crippen LogP) is 1.90. The highest BCUT2D eigenvalue weighted by molar-refractivity contribution is 5.48. The van der Waals surface area contributed by atoms with Crippen molar-refractivity contribution >= 4 is 5.69 Å². The van der Waals surface area contributed by atoms with Gasteiger partial charge in [0.2, 0.25) is 0 Å². The van der Waals surface area contributed by atoms with Crippen molar-refractivity contribution in [2.75, 3.05) is 21.1 Å². The molecule has 1 aromatic rings. The second kappa shape index (κ2) is 2.79. The first kappa shape index (κ1) is 9.07. The molecule has 0 bridgehead atoms. The number of phenols is 1. The second-order valence-electron chi connectivity index (χ2n) is 3.98. The minimum atomic E-state index is 0.368. The third-order valence-electron chi connectivity index (χ3n) is 1.95. The fourth-order valence-corrected chi connectivity index (χ4v) is 1.06. The molecule has 0 fully saturated rings. The zero-order valence-corrected chi connectivity index (χ0v) is 8.13. The third-order valence-corrected chi connectivity index (χ3v) is 1.95. The van der Waals surface area contributed by atoms with Crippen molar-refractivity contribution in [3.63, 3.8) is 0 Å². The molecule has 2 nitrogen and oxygen atoms in total. The van der Waals surface area contributed by atoms with E-state index in [1.54, 1.807) is 6.07 Å². The second-order valence-corrected chi connectivity index (χ2v) is 3.98. The first-order valence-electron chi connectivity index (χ1n) is 4.03. The van der Waals surface area contributed by atoms with Gasteiger partial charge in [-0.15, -0.1) is 0 Å². The van der Waals surface area contributed by atoms with Crippen molar-refractivity contribution in [1.29, 1.82) is 0 Å². The average Bonchev–Trinajstić information content (AvgIpc) is 1.92. The van der Waals surface area contributed by atoms with Crippen LogP contribution in [0.25, 0.3) is 0 Å². The Bertz CT molecular complexity index is 286. The van der Waals surface area contributed by atoms with Gasteiger partial charge in [-0.1, -0.05) is 0 Å². The maximum Gasteiger partial charge on any atom is 0.132 e. The lowest BCUT2D eigenvalue weighted by atomic mass is 10.2. The van der Waals surface area contributed by atoms with Crippen LogP contribution in [0, 0.1) is 6.92 Å². The van der Waals surface area contributed by atoms with E-state index < -0.39 is 0 Å². The molecule has 0 unspecified atom stereocenters. The van der Waals surface area contributed by atoms with Gasteiger partial charge in [0, 0.05) is 12.1 Å². The summed E-state index contributed by atoms with van der Waals surface area (Å²) in [5, 5.41) is 9.30. The number of hydrogen-bond acceptors (Lipinski definition) is 1. The zero-order valence-electron chi connectivity index (χ0n) is 8.13. The Hall–Kier alpha value is -1.02. The van der Waals surface area contributed by atoms with Gasteiger partial charge in [0.1, 0.15) is 11.4 Å².